The molecule has 0 aliphatic heterocycles. The zero-order valence-electron chi connectivity index (χ0n) is 9.38. The van der Waals surface area contributed by atoms with Crippen LogP contribution in [0.15, 0.2) is 35.4 Å². The fourth-order valence-electron chi connectivity index (χ4n) is 1.57. The van der Waals surface area contributed by atoms with E-state index >= 15 is 0 Å². The molecule has 1 atom stereocenters. The van der Waals surface area contributed by atoms with E-state index in [0.29, 0.717) is 5.56 Å². The van der Waals surface area contributed by atoms with E-state index in [1.54, 1.807) is 19.2 Å². The second kappa shape index (κ2) is 4.50. The molecule has 5 nitrogen and oxygen atoms in total. The van der Waals surface area contributed by atoms with Crippen molar-refractivity contribution in [1.29, 1.82) is 0 Å². The molecule has 17 heavy (non-hydrogen) atoms. The highest BCUT2D eigenvalue weighted by Gasteiger charge is 2.10. The van der Waals surface area contributed by atoms with Crippen LogP contribution in [0.2, 0.25) is 0 Å². The largest absolute Gasteiger partial charge is 0.345 e. The Morgan fingerprint density at radius 1 is 1.53 bits per heavy atom. The maximum absolute atomic E-state index is 13.0. The molecule has 2 rings (SSSR count). The summed E-state index contributed by atoms with van der Waals surface area (Å²) in [6.45, 7) is 0.225. The monoisotopic (exact) mass is 236 g/mol. The zero-order chi connectivity index (χ0) is 12.4. The molecule has 0 radical (unpaired) electrons. The van der Waals surface area contributed by atoms with Gasteiger partial charge in [0.05, 0.1) is 6.54 Å². The van der Waals surface area contributed by atoms with Crippen molar-refractivity contribution in [2.45, 2.75) is 12.6 Å². The minimum absolute atomic E-state index is 0.225. The first kappa shape index (κ1) is 11.5. The number of halogens is 1. The first-order chi connectivity index (χ1) is 8.08. The molecule has 0 aliphatic rings. The summed E-state index contributed by atoms with van der Waals surface area (Å²) in [5.41, 5.74) is 6.30. The SMILES string of the molecule is Cn1cnn(CC(N)c2cccc(F)c2)c1=O. The Kier molecular flexibility index (Phi) is 3.06. The Bertz CT molecular complexity index is 575. The van der Waals surface area contributed by atoms with Crippen molar-refractivity contribution >= 4 is 0 Å². The van der Waals surface area contributed by atoms with Gasteiger partial charge in [-0.25, -0.2) is 13.9 Å². The van der Waals surface area contributed by atoms with Gasteiger partial charge in [0.1, 0.15) is 12.1 Å². The number of hydrogen-bond acceptors (Lipinski definition) is 3. The van der Waals surface area contributed by atoms with Gasteiger partial charge in [0.25, 0.3) is 0 Å². The topological polar surface area (TPSA) is 65.8 Å². The molecule has 6 heteroatoms. The van der Waals surface area contributed by atoms with Crippen molar-refractivity contribution in [2.24, 2.45) is 12.8 Å². The fourth-order valence-corrected chi connectivity index (χ4v) is 1.57. The van der Waals surface area contributed by atoms with Crippen molar-refractivity contribution in [1.82, 2.24) is 14.3 Å². The number of benzene rings is 1. The van der Waals surface area contributed by atoms with E-state index in [1.807, 2.05) is 0 Å². The fraction of sp³-hybridized carbons (Fsp3) is 0.273. The normalized spacial score (nSPS) is 12.6. The molecular formula is C11H13FN4O. The molecule has 1 aromatic carbocycles. The van der Waals surface area contributed by atoms with Gasteiger partial charge >= 0.3 is 5.69 Å². The molecular weight excluding hydrogens is 223 g/mol. The number of aryl methyl sites for hydroxylation is 1. The molecule has 0 fully saturated rings. The molecule has 2 aromatic rings. The first-order valence-corrected chi connectivity index (χ1v) is 5.17. The molecule has 0 saturated heterocycles. The van der Waals surface area contributed by atoms with E-state index in [2.05, 4.69) is 5.10 Å². The summed E-state index contributed by atoms with van der Waals surface area (Å²) >= 11 is 0. The Labute approximate surface area is 97.3 Å². The number of aromatic nitrogens is 3. The predicted molar refractivity (Wildman–Crippen MR) is 60.8 cm³/mol. The second-order valence-electron chi connectivity index (χ2n) is 3.87. The number of nitrogens with zero attached hydrogens (tertiary/aromatic N) is 3. The van der Waals surface area contributed by atoms with Crippen LogP contribution < -0.4 is 11.4 Å². The third-order valence-electron chi connectivity index (χ3n) is 2.53. The third-order valence-corrected chi connectivity index (χ3v) is 2.53. The number of rotatable bonds is 3. The second-order valence-corrected chi connectivity index (χ2v) is 3.87. The van der Waals surface area contributed by atoms with E-state index in [-0.39, 0.29) is 18.1 Å². The van der Waals surface area contributed by atoms with Crippen molar-refractivity contribution in [3.8, 4) is 0 Å². The Hall–Kier alpha value is -1.95. The maximum Gasteiger partial charge on any atom is 0.345 e. The molecule has 0 bridgehead atoms. The van der Waals surface area contributed by atoms with Gasteiger partial charge in [-0.3, -0.25) is 4.57 Å². The van der Waals surface area contributed by atoms with Gasteiger partial charge in [-0.15, -0.1) is 0 Å². The van der Waals surface area contributed by atoms with E-state index in [4.69, 9.17) is 5.73 Å². The van der Waals surface area contributed by atoms with Crippen LogP contribution in [0.4, 0.5) is 4.39 Å². The molecule has 90 valence electrons. The quantitative estimate of drug-likeness (QED) is 0.840. The lowest BCUT2D eigenvalue weighted by atomic mass is 10.1. The Morgan fingerprint density at radius 2 is 2.29 bits per heavy atom. The summed E-state index contributed by atoms with van der Waals surface area (Å²) < 4.78 is 15.6. The molecule has 0 spiro atoms. The van der Waals surface area contributed by atoms with Crippen molar-refractivity contribution in [2.75, 3.05) is 0 Å². The van der Waals surface area contributed by atoms with E-state index < -0.39 is 6.04 Å². The highest BCUT2D eigenvalue weighted by atomic mass is 19.1. The van der Waals surface area contributed by atoms with E-state index in [0.717, 1.165) is 0 Å². The minimum Gasteiger partial charge on any atom is -0.322 e. The number of nitrogens with two attached hydrogens (primary N) is 1. The smallest absolute Gasteiger partial charge is 0.322 e. The summed E-state index contributed by atoms with van der Waals surface area (Å²) in [6, 6.07) is 5.56. The van der Waals surface area contributed by atoms with Crippen molar-refractivity contribution < 1.29 is 4.39 Å². The van der Waals surface area contributed by atoms with Gasteiger partial charge in [0.2, 0.25) is 0 Å². The van der Waals surface area contributed by atoms with Crippen molar-refractivity contribution in [3.05, 3.63) is 52.5 Å². The average molecular weight is 236 g/mol. The standard InChI is InChI=1S/C11H13FN4O/c1-15-7-14-16(11(15)17)6-10(13)8-3-2-4-9(12)5-8/h2-5,7,10H,6,13H2,1H3. The van der Waals surface area contributed by atoms with Gasteiger partial charge in [0.15, 0.2) is 0 Å². The summed E-state index contributed by atoms with van der Waals surface area (Å²) in [5.74, 6) is -0.341. The summed E-state index contributed by atoms with van der Waals surface area (Å²) in [7, 11) is 1.61. The first-order valence-electron chi connectivity index (χ1n) is 5.17. The average Bonchev–Trinajstić information content (AvgIpc) is 2.61. The minimum atomic E-state index is -0.460. The predicted octanol–water partition coefficient (Wildman–Crippen LogP) is 0.421. The molecule has 1 unspecified atom stereocenters. The molecule has 0 amide bonds. The highest BCUT2D eigenvalue weighted by molar-refractivity contribution is 5.19. The summed E-state index contributed by atoms with van der Waals surface area (Å²) in [6.07, 6.45) is 1.42. The Balaban J connectivity index is 2.20. The highest BCUT2D eigenvalue weighted by Crippen LogP contribution is 2.12. The van der Waals surface area contributed by atoms with Crippen LogP contribution in [0.5, 0.6) is 0 Å². The van der Waals surface area contributed by atoms with Crippen LogP contribution in [-0.4, -0.2) is 14.3 Å². The van der Waals surface area contributed by atoms with Gasteiger partial charge < -0.3 is 5.73 Å². The summed E-state index contributed by atoms with van der Waals surface area (Å²) in [4.78, 5) is 11.5. The molecule has 1 aromatic heterocycles. The van der Waals surface area contributed by atoms with Crippen LogP contribution >= 0.6 is 0 Å². The van der Waals surface area contributed by atoms with Gasteiger partial charge in [-0.1, -0.05) is 12.1 Å². The number of hydrogen-bond donors (Lipinski definition) is 1. The maximum atomic E-state index is 13.0. The molecule has 1 heterocycles. The van der Waals surface area contributed by atoms with Crippen LogP contribution in [0, 0.1) is 5.82 Å². The Morgan fingerprint density at radius 3 is 2.88 bits per heavy atom. The third kappa shape index (κ3) is 2.42. The van der Waals surface area contributed by atoms with Gasteiger partial charge in [-0.05, 0) is 17.7 Å². The van der Waals surface area contributed by atoms with Crippen LogP contribution in [0.1, 0.15) is 11.6 Å². The summed E-state index contributed by atoms with van der Waals surface area (Å²) in [5, 5.41) is 3.90. The van der Waals surface area contributed by atoms with Crippen LogP contribution in [-0.2, 0) is 13.6 Å². The lowest BCUT2D eigenvalue weighted by Crippen LogP contribution is -2.28. The molecule has 2 N–H and O–H groups in total. The molecule has 0 aliphatic carbocycles. The zero-order valence-corrected chi connectivity index (χ0v) is 9.38. The lowest BCUT2D eigenvalue weighted by Gasteiger charge is -2.11. The van der Waals surface area contributed by atoms with Crippen molar-refractivity contribution in [3.63, 3.8) is 0 Å². The molecule has 0 saturated carbocycles. The van der Waals surface area contributed by atoms with Crippen LogP contribution in [0.25, 0.3) is 0 Å². The van der Waals surface area contributed by atoms with E-state index in [1.165, 1.54) is 27.7 Å². The van der Waals surface area contributed by atoms with Gasteiger partial charge in [0, 0.05) is 13.1 Å². The van der Waals surface area contributed by atoms with E-state index in [9.17, 15) is 9.18 Å². The lowest BCUT2D eigenvalue weighted by molar-refractivity contribution is 0.506. The van der Waals surface area contributed by atoms with Crippen LogP contribution in [0.3, 0.4) is 0 Å². The van der Waals surface area contributed by atoms with Gasteiger partial charge in [-0.2, -0.15) is 5.10 Å².